The van der Waals surface area contributed by atoms with Crippen molar-refractivity contribution in [1.82, 2.24) is 4.90 Å². The number of nitrogens with zero attached hydrogens (tertiary/aromatic N) is 1. The molecule has 0 saturated carbocycles. The third-order valence-corrected chi connectivity index (χ3v) is 5.31. The number of esters is 1. The Hall–Kier alpha value is -2.60. The molecular weight excluding hydrogens is 392 g/mol. The Morgan fingerprint density at radius 1 is 1.10 bits per heavy atom. The first-order valence-corrected chi connectivity index (χ1v) is 11.2. The summed E-state index contributed by atoms with van der Waals surface area (Å²) in [5, 5.41) is 0. The average molecular weight is 430 g/mol. The number of furan rings is 1. The fraction of sp³-hybridized carbons (Fsp3) is 0.520. The maximum absolute atomic E-state index is 13.4. The number of carbonyl (C=O) groups excluding carboxylic acids is 2. The van der Waals surface area contributed by atoms with E-state index in [2.05, 4.69) is 26.0 Å². The fourth-order valence-electron chi connectivity index (χ4n) is 3.63. The van der Waals surface area contributed by atoms with E-state index in [9.17, 15) is 9.59 Å². The molecule has 0 saturated heterocycles. The number of hydrogen-bond donors (Lipinski definition) is 1. The van der Waals surface area contributed by atoms with E-state index in [0.29, 0.717) is 25.6 Å². The number of ether oxygens (including phenoxy) is 1. The Labute approximate surface area is 186 Å². The van der Waals surface area contributed by atoms with Crippen LogP contribution in [-0.2, 0) is 27.3 Å². The van der Waals surface area contributed by atoms with Crippen molar-refractivity contribution in [3.05, 3.63) is 59.5 Å². The molecule has 2 rings (SSSR count). The summed E-state index contributed by atoms with van der Waals surface area (Å²) in [6.45, 7) is 12.0. The van der Waals surface area contributed by atoms with E-state index < -0.39 is 6.04 Å². The molecular formula is C25H37N2O4+. The van der Waals surface area contributed by atoms with Crippen LogP contribution in [0.3, 0.4) is 0 Å². The molecule has 0 aliphatic rings. The van der Waals surface area contributed by atoms with Crippen LogP contribution in [0.1, 0.15) is 44.8 Å². The lowest BCUT2D eigenvalue weighted by Crippen LogP contribution is -3.18. The van der Waals surface area contributed by atoms with Gasteiger partial charge in [-0.1, -0.05) is 44.2 Å². The summed E-state index contributed by atoms with van der Waals surface area (Å²) in [5.74, 6) is 1.70. The van der Waals surface area contributed by atoms with Gasteiger partial charge in [-0.05, 0) is 44.9 Å². The van der Waals surface area contributed by atoms with Crippen molar-refractivity contribution in [2.75, 3.05) is 26.2 Å². The molecule has 2 atom stereocenters. The second kappa shape index (κ2) is 12.3. The van der Waals surface area contributed by atoms with Gasteiger partial charge in [-0.2, -0.15) is 0 Å². The van der Waals surface area contributed by atoms with Crippen LogP contribution in [0.4, 0.5) is 0 Å². The van der Waals surface area contributed by atoms with Crippen LogP contribution in [0.2, 0.25) is 0 Å². The average Bonchev–Trinajstić information content (AvgIpc) is 3.15. The van der Waals surface area contributed by atoms with Crippen LogP contribution in [0, 0.1) is 12.8 Å². The number of hydrogen-bond acceptors (Lipinski definition) is 4. The lowest BCUT2D eigenvalue weighted by molar-refractivity contribution is -0.910. The van der Waals surface area contributed by atoms with Gasteiger partial charge in [0.2, 0.25) is 0 Å². The highest BCUT2D eigenvalue weighted by Gasteiger charge is 2.31. The Balaban J connectivity index is 2.14. The van der Waals surface area contributed by atoms with Crippen molar-refractivity contribution in [2.24, 2.45) is 5.92 Å². The Morgan fingerprint density at radius 3 is 2.39 bits per heavy atom. The Bertz CT molecular complexity index is 816. The predicted molar refractivity (Wildman–Crippen MR) is 121 cm³/mol. The van der Waals surface area contributed by atoms with Crippen LogP contribution in [0.25, 0.3) is 0 Å². The Morgan fingerprint density at radius 2 is 1.81 bits per heavy atom. The van der Waals surface area contributed by atoms with Crippen LogP contribution >= 0.6 is 0 Å². The van der Waals surface area contributed by atoms with Gasteiger partial charge in [0.1, 0.15) is 11.5 Å². The highest BCUT2D eigenvalue weighted by atomic mass is 16.5. The van der Waals surface area contributed by atoms with Gasteiger partial charge in [-0.3, -0.25) is 4.79 Å². The lowest BCUT2D eigenvalue weighted by Gasteiger charge is -2.29. The maximum Gasteiger partial charge on any atom is 0.364 e. The van der Waals surface area contributed by atoms with Crippen molar-refractivity contribution in [2.45, 2.75) is 53.6 Å². The summed E-state index contributed by atoms with van der Waals surface area (Å²) < 4.78 is 10.9. The SMILES string of the molecule is CCOC(=O)[C@H](C)[NH+](CC(=O)N(CCc1ccccc1)Cc1ccc(C)o1)CC(C)C. The van der Waals surface area contributed by atoms with Gasteiger partial charge in [0.15, 0.2) is 12.6 Å². The summed E-state index contributed by atoms with van der Waals surface area (Å²) in [7, 11) is 0. The molecule has 0 aliphatic heterocycles. The van der Waals surface area contributed by atoms with Gasteiger partial charge < -0.3 is 19.0 Å². The van der Waals surface area contributed by atoms with Gasteiger partial charge in [-0.15, -0.1) is 0 Å². The number of benzene rings is 1. The van der Waals surface area contributed by atoms with Gasteiger partial charge in [0, 0.05) is 12.5 Å². The van der Waals surface area contributed by atoms with E-state index in [1.807, 2.05) is 49.1 Å². The first kappa shape index (κ1) is 24.7. The highest BCUT2D eigenvalue weighted by Crippen LogP contribution is 2.11. The molecule has 2 aromatic rings. The molecule has 6 nitrogen and oxygen atoms in total. The number of nitrogens with one attached hydrogen (secondary N) is 1. The molecule has 1 aromatic heterocycles. The Kier molecular flexibility index (Phi) is 9.79. The van der Waals surface area contributed by atoms with Gasteiger partial charge in [0.25, 0.3) is 5.91 Å². The van der Waals surface area contributed by atoms with Gasteiger partial charge in [-0.25, -0.2) is 4.79 Å². The zero-order chi connectivity index (χ0) is 22.8. The topological polar surface area (TPSA) is 64.2 Å². The van der Waals surface area contributed by atoms with E-state index in [0.717, 1.165) is 29.4 Å². The predicted octanol–water partition coefficient (Wildman–Crippen LogP) is 2.65. The summed E-state index contributed by atoms with van der Waals surface area (Å²) in [5.41, 5.74) is 1.18. The van der Waals surface area contributed by atoms with Crippen LogP contribution in [0.5, 0.6) is 0 Å². The standard InChI is InChI=1S/C25H36N2O4/c1-6-30-25(29)21(5)27(16-19(2)3)18-24(28)26(17-23-13-12-20(4)31-23)15-14-22-10-8-7-9-11-22/h7-13,19,21H,6,14-18H2,1-5H3/p+1/t21-/m0/s1. The highest BCUT2D eigenvalue weighted by molar-refractivity contribution is 5.78. The van der Waals surface area contributed by atoms with Crippen molar-refractivity contribution in [3.63, 3.8) is 0 Å². The molecule has 1 amide bonds. The quantitative estimate of drug-likeness (QED) is 0.527. The normalized spacial score (nSPS) is 13.1. The molecule has 1 heterocycles. The molecule has 0 bridgehead atoms. The molecule has 0 radical (unpaired) electrons. The van der Waals surface area contributed by atoms with Crippen LogP contribution < -0.4 is 4.90 Å². The van der Waals surface area contributed by atoms with Gasteiger partial charge in [0.05, 0.1) is 19.7 Å². The maximum atomic E-state index is 13.4. The van der Waals surface area contributed by atoms with Crippen molar-refractivity contribution >= 4 is 11.9 Å². The first-order valence-electron chi connectivity index (χ1n) is 11.2. The molecule has 0 spiro atoms. The summed E-state index contributed by atoms with van der Waals surface area (Å²) in [4.78, 5) is 28.5. The number of carbonyl (C=O) groups is 2. The molecule has 6 heteroatoms. The number of amides is 1. The third-order valence-electron chi connectivity index (χ3n) is 5.31. The summed E-state index contributed by atoms with van der Waals surface area (Å²) in [6.07, 6.45) is 0.763. The number of aryl methyl sites for hydroxylation is 1. The van der Waals surface area contributed by atoms with Crippen molar-refractivity contribution in [3.8, 4) is 0 Å². The van der Waals surface area contributed by atoms with E-state index in [4.69, 9.17) is 9.15 Å². The molecule has 1 aromatic carbocycles. The van der Waals surface area contributed by atoms with Gasteiger partial charge >= 0.3 is 5.97 Å². The number of rotatable bonds is 12. The van der Waals surface area contributed by atoms with E-state index in [-0.39, 0.29) is 18.4 Å². The monoisotopic (exact) mass is 429 g/mol. The van der Waals surface area contributed by atoms with E-state index in [1.165, 1.54) is 5.56 Å². The molecule has 0 aliphatic carbocycles. The zero-order valence-electron chi connectivity index (χ0n) is 19.5. The fourth-order valence-corrected chi connectivity index (χ4v) is 3.63. The summed E-state index contributed by atoms with van der Waals surface area (Å²) >= 11 is 0. The molecule has 31 heavy (non-hydrogen) atoms. The first-order chi connectivity index (χ1) is 14.8. The lowest BCUT2D eigenvalue weighted by atomic mass is 10.1. The van der Waals surface area contributed by atoms with E-state index in [1.54, 1.807) is 6.92 Å². The minimum atomic E-state index is -0.395. The largest absolute Gasteiger partial charge is 0.464 e. The van der Waals surface area contributed by atoms with Crippen LogP contribution in [-0.4, -0.2) is 49.1 Å². The van der Waals surface area contributed by atoms with Crippen molar-refractivity contribution in [1.29, 1.82) is 0 Å². The molecule has 1 N–H and O–H groups in total. The van der Waals surface area contributed by atoms with Crippen molar-refractivity contribution < 1.29 is 23.6 Å². The third kappa shape index (κ3) is 8.21. The molecule has 1 unspecified atom stereocenters. The minimum absolute atomic E-state index is 0.0109. The minimum Gasteiger partial charge on any atom is -0.464 e. The second-order valence-corrected chi connectivity index (χ2v) is 8.47. The smallest absolute Gasteiger partial charge is 0.364 e. The summed E-state index contributed by atoms with van der Waals surface area (Å²) in [6, 6.07) is 13.6. The zero-order valence-corrected chi connectivity index (χ0v) is 19.5. The number of quaternary nitrogens is 1. The van der Waals surface area contributed by atoms with E-state index >= 15 is 0 Å². The van der Waals surface area contributed by atoms with Crippen LogP contribution in [0.15, 0.2) is 46.9 Å². The molecule has 170 valence electrons. The molecule has 0 fully saturated rings. The second-order valence-electron chi connectivity index (χ2n) is 8.47.